The number of pyridine rings is 1. The van der Waals surface area contributed by atoms with Crippen LogP contribution in [0.1, 0.15) is 17.3 Å². The van der Waals surface area contributed by atoms with Crippen LogP contribution in [0.5, 0.6) is 0 Å². The quantitative estimate of drug-likeness (QED) is 0.788. The summed E-state index contributed by atoms with van der Waals surface area (Å²) < 4.78 is 5.32. The highest BCUT2D eigenvalue weighted by molar-refractivity contribution is 6.30. The number of carbonyl (C=O) groups is 1. The minimum atomic E-state index is -0.219. The molecule has 1 amide bonds. The van der Waals surface area contributed by atoms with E-state index >= 15 is 0 Å². The van der Waals surface area contributed by atoms with Gasteiger partial charge in [-0.2, -0.15) is 0 Å². The van der Waals surface area contributed by atoms with Crippen molar-refractivity contribution in [3.63, 3.8) is 0 Å². The summed E-state index contributed by atoms with van der Waals surface area (Å²) in [6.45, 7) is 4.05. The van der Waals surface area contributed by atoms with Crippen LogP contribution < -0.4 is 10.2 Å². The number of benzene rings is 1. The fraction of sp³-hybridized carbons (Fsp3) is 0.294. The number of halogens is 1. The fourth-order valence-electron chi connectivity index (χ4n) is 1.98. The van der Waals surface area contributed by atoms with E-state index in [0.29, 0.717) is 29.5 Å². The third-order valence-electron chi connectivity index (χ3n) is 3.26. The maximum Gasteiger partial charge on any atom is 0.257 e. The average Bonchev–Trinajstić information content (AvgIpc) is 2.55. The van der Waals surface area contributed by atoms with Crippen molar-refractivity contribution in [2.24, 2.45) is 0 Å². The van der Waals surface area contributed by atoms with Gasteiger partial charge in [-0.25, -0.2) is 4.98 Å². The Morgan fingerprint density at radius 3 is 2.83 bits per heavy atom. The third kappa shape index (κ3) is 5.23. The molecule has 0 fully saturated rings. The standard InChI is InChI=1S/C17H20ClN3O2/c1-3-23-10-9-21(2)16-8-7-13(12-19-16)17(22)20-15-6-4-5-14(18)11-15/h4-8,11-12H,3,9-10H2,1-2H3,(H,20,22). The van der Waals surface area contributed by atoms with Crippen LogP contribution in [0.3, 0.4) is 0 Å². The van der Waals surface area contributed by atoms with Gasteiger partial charge in [-0.05, 0) is 37.3 Å². The van der Waals surface area contributed by atoms with E-state index in [9.17, 15) is 4.79 Å². The molecule has 0 spiro atoms. The predicted molar refractivity (Wildman–Crippen MR) is 93.4 cm³/mol. The highest BCUT2D eigenvalue weighted by atomic mass is 35.5. The largest absolute Gasteiger partial charge is 0.380 e. The van der Waals surface area contributed by atoms with Gasteiger partial charge in [-0.3, -0.25) is 4.79 Å². The lowest BCUT2D eigenvalue weighted by Crippen LogP contribution is -2.23. The lowest BCUT2D eigenvalue weighted by atomic mass is 10.2. The molecular formula is C17H20ClN3O2. The van der Waals surface area contributed by atoms with Crippen molar-refractivity contribution in [3.8, 4) is 0 Å². The summed E-state index contributed by atoms with van der Waals surface area (Å²) >= 11 is 5.90. The van der Waals surface area contributed by atoms with Gasteiger partial charge in [0.2, 0.25) is 0 Å². The molecule has 2 aromatic rings. The Balaban J connectivity index is 1.97. The van der Waals surface area contributed by atoms with E-state index < -0.39 is 0 Å². The topological polar surface area (TPSA) is 54.5 Å². The molecule has 0 saturated heterocycles. The molecule has 5 nitrogen and oxygen atoms in total. The van der Waals surface area contributed by atoms with Crippen molar-refractivity contribution in [2.75, 3.05) is 37.0 Å². The van der Waals surface area contributed by atoms with Crippen LogP contribution in [0.2, 0.25) is 5.02 Å². The van der Waals surface area contributed by atoms with E-state index in [0.717, 1.165) is 12.4 Å². The Morgan fingerprint density at radius 2 is 2.17 bits per heavy atom. The Hall–Kier alpha value is -2.11. The van der Waals surface area contributed by atoms with Crippen LogP contribution in [0.4, 0.5) is 11.5 Å². The SMILES string of the molecule is CCOCCN(C)c1ccc(C(=O)Nc2cccc(Cl)c2)cn1. The molecule has 0 aliphatic rings. The van der Waals surface area contributed by atoms with Crippen LogP contribution in [-0.4, -0.2) is 37.7 Å². The summed E-state index contributed by atoms with van der Waals surface area (Å²) in [6, 6.07) is 10.6. The van der Waals surface area contributed by atoms with Crippen LogP contribution >= 0.6 is 11.6 Å². The Bertz CT molecular complexity index is 647. The molecule has 1 N–H and O–H groups in total. The highest BCUT2D eigenvalue weighted by Gasteiger charge is 2.08. The second kappa shape index (κ2) is 8.50. The van der Waals surface area contributed by atoms with Crippen LogP contribution in [-0.2, 0) is 4.74 Å². The van der Waals surface area contributed by atoms with Crippen molar-refractivity contribution < 1.29 is 9.53 Å². The zero-order valence-electron chi connectivity index (χ0n) is 13.3. The number of nitrogens with one attached hydrogen (secondary N) is 1. The molecule has 2 rings (SSSR count). The zero-order chi connectivity index (χ0) is 16.7. The smallest absolute Gasteiger partial charge is 0.257 e. The highest BCUT2D eigenvalue weighted by Crippen LogP contribution is 2.16. The lowest BCUT2D eigenvalue weighted by molar-refractivity contribution is 0.102. The molecular weight excluding hydrogens is 314 g/mol. The number of carbonyl (C=O) groups excluding carboxylic acids is 1. The molecule has 1 aromatic carbocycles. The summed E-state index contributed by atoms with van der Waals surface area (Å²) in [5.41, 5.74) is 1.15. The van der Waals surface area contributed by atoms with Crippen LogP contribution in [0.15, 0.2) is 42.6 Å². The maximum absolute atomic E-state index is 12.2. The number of nitrogens with zero attached hydrogens (tertiary/aromatic N) is 2. The van der Waals surface area contributed by atoms with Gasteiger partial charge in [0.15, 0.2) is 0 Å². The summed E-state index contributed by atoms with van der Waals surface area (Å²) in [4.78, 5) is 18.5. The van der Waals surface area contributed by atoms with Gasteiger partial charge in [0.25, 0.3) is 5.91 Å². The number of hydrogen-bond donors (Lipinski definition) is 1. The molecule has 122 valence electrons. The molecule has 0 aliphatic heterocycles. The number of aromatic nitrogens is 1. The Labute approximate surface area is 141 Å². The van der Waals surface area contributed by atoms with Gasteiger partial charge in [-0.15, -0.1) is 0 Å². The Morgan fingerprint density at radius 1 is 1.35 bits per heavy atom. The molecule has 23 heavy (non-hydrogen) atoms. The van der Waals surface area contributed by atoms with Crippen molar-refractivity contribution >= 4 is 29.0 Å². The van der Waals surface area contributed by atoms with Gasteiger partial charge in [0.05, 0.1) is 12.2 Å². The second-order valence-corrected chi connectivity index (χ2v) is 5.42. The molecule has 0 unspecified atom stereocenters. The molecule has 0 aliphatic carbocycles. The van der Waals surface area contributed by atoms with E-state index in [-0.39, 0.29) is 5.91 Å². The minimum absolute atomic E-state index is 0.219. The first-order chi connectivity index (χ1) is 11.1. The first-order valence-electron chi connectivity index (χ1n) is 7.42. The first-order valence-corrected chi connectivity index (χ1v) is 7.80. The molecule has 1 aromatic heterocycles. The monoisotopic (exact) mass is 333 g/mol. The molecule has 0 atom stereocenters. The number of ether oxygens (including phenoxy) is 1. The zero-order valence-corrected chi connectivity index (χ0v) is 14.0. The lowest BCUT2D eigenvalue weighted by Gasteiger charge is -2.18. The Kier molecular flexibility index (Phi) is 6.38. The van der Waals surface area contributed by atoms with Crippen LogP contribution in [0, 0.1) is 0 Å². The number of rotatable bonds is 7. The molecule has 0 saturated carbocycles. The van der Waals surface area contributed by atoms with Crippen molar-refractivity contribution in [3.05, 3.63) is 53.2 Å². The number of likely N-dealkylation sites (N-methyl/N-ethyl adjacent to an activating group) is 1. The van der Waals surface area contributed by atoms with Gasteiger partial charge in [0, 0.05) is 37.1 Å². The van der Waals surface area contributed by atoms with E-state index in [2.05, 4.69) is 10.3 Å². The van der Waals surface area contributed by atoms with E-state index in [1.165, 1.54) is 0 Å². The average molecular weight is 334 g/mol. The molecule has 6 heteroatoms. The number of amides is 1. The number of anilines is 2. The third-order valence-corrected chi connectivity index (χ3v) is 3.49. The minimum Gasteiger partial charge on any atom is -0.380 e. The summed E-state index contributed by atoms with van der Waals surface area (Å²) in [5, 5.41) is 3.37. The summed E-state index contributed by atoms with van der Waals surface area (Å²) in [6.07, 6.45) is 1.56. The van der Waals surface area contributed by atoms with Gasteiger partial charge < -0.3 is 15.0 Å². The van der Waals surface area contributed by atoms with Gasteiger partial charge in [0.1, 0.15) is 5.82 Å². The van der Waals surface area contributed by atoms with Crippen molar-refractivity contribution in [2.45, 2.75) is 6.92 Å². The normalized spacial score (nSPS) is 10.4. The van der Waals surface area contributed by atoms with Gasteiger partial charge in [-0.1, -0.05) is 17.7 Å². The first kappa shape index (κ1) is 17.2. The molecule has 0 bridgehead atoms. The van der Waals surface area contributed by atoms with Crippen LogP contribution in [0.25, 0.3) is 0 Å². The number of hydrogen-bond acceptors (Lipinski definition) is 4. The van der Waals surface area contributed by atoms with E-state index in [1.807, 2.05) is 24.9 Å². The molecule has 0 radical (unpaired) electrons. The molecule has 1 heterocycles. The predicted octanol–water partition coefficient (Wildman–Crippen LogP) is 3.46. The van der Waals surface area contributed by atoms with Crippen molar-refractivity contribution in [1.82, 2.24) is 4.98 Å². The van der Waals surface area contributed by atoms with E-state index in [1.54, 1.807) is 36.5 Å². The summed E-state index contributed by atoms with van der Waals surface area (Å²) in [5.74, 6) is 0.576. The van der Waals surface area contributed by atoms with Gasteiger partial charge >= 0.3 is 0 Å². The summed E-state index contributed by atoms with van der Waals surface area (Å²) in [7, 11) is 1.94. The fourth-order valence-corrected chi connectivity index (χ4v) is 2.17. The van der Waals surface area contributed by atoms with Crippen molar-refractivity contribution in [1.29, 1.82) is 0 Å². The second-order valence-electron chi connectivity index (χ2n) is 4.99. The van der Waals surface area contributed by atoms with E-state index in [4.69, 9.17) is 16.3 Å². The maximum atomic E-state index is 12.2.